The van der Waals surface area contributed by atoms with Crippen molar-refractivity contribution in [3.05, 3.63) is 41.4 Å². The van der Waals surface area contributed by atoms with E-state index in [-0.39, 0.29) is 0 Å². The predicted molar refractivity (Wildman–Crippen MR) is 79.5 cm³/mol. The number of sulfonamides is 1. The number of benzene rings is 1. The smallest absolute Gasteiger partial charge is 0.243 e. The Morgan fingerprint density at radius 1 is 1.16 bits per heavy atom. The zero-order chi connectivity index (χ0) is 13.9. The van der Waals surface area contributed by atoms with Gasteiger partial charge in [0.1, 0.15) is 0 Å². The summed E-state index contributed by atoms with van der Waals surface area (Å²) in [5, 5.41) is 0. The lowest BCUT2D eigenvalue weighted by Crippen LogP contribution is -2.48. The summed E-state index contributed by atoms with van der Waals surface area (Å²) in [5.74, 6) is 0. The molecule has 0 atom stereocenters. The van der Waals surface area contributed by atoms with Gasteiger partial charge in [0, 0.05) is 37.2 Å². The molecular weight excluding hydrogens is 328 g/mol. The second-order valence-corrected chi connectivity index (χ2v) is 7.30. The van der Waals surface area contributed by atoms with Crippen LogP contribution in [0.5, 0.6) is 0 Å². The minimum Gasteiger partial charge on any atom is -0.297 e. The lowest BCUT2D eigenvalue weighted by Gasteiger charge is -2.33. The maximum atomic E-state index is 12.4. The van der Waals surface area contributed by atoms with E-state index in [1.54, 1.807) is 28.6 Å². The highest BCUT2D eigenvalue weighted by Crippen LogP contribution is 2.19. The molecule has 104 valence electrons. The fraction of sp³-hybridized carbons (Fsp3) is 0.385. The normalized spacial score (nSPS) is 18.4. The minimum atomic E-state index is -3.36. The molecular formula is C13H17BrN2O2S. The lowest BCUT2D eigenvalue weighted by molar-refractivity contribution is 0.204. The van der Waals surface area contributed by atoms with Crippen LogP contribution < -0.4 is 0 Å². The van der Waals surface area contributed by atoms with Crippen LogP contribution in [-0.2, 0) is 10.0 Å². The summed E-state index contributed by atoms with van der Waals surface area (Å²) in [6.45, 7) is 7.08. The maximum absolute atomic E-state index is 12.4. The lowest BCUT2D eigenvalue weighted by atomic mass is 10.3. The Kier molecular flexibility index (Phi) is 4.78. The molecule has 0 radical (unpaired) electrons. The number of hydrogen-bond acceptors (Lipinski definition) is 3. The van der Waals surface area contributed by atoms with Gasteiger partial charge in [-0.2, -0.15) is 4.31 Å². The summed E-state index contributed by atoms with van der Waals surface area (Å²) in [7, 11) is -3.36. The van der Waals surface area contributed by atoms with E-state index in [9.17, 15) is 8.42 Å². The van der Waals surface area contributed by atoms with Crippen LogP contribution in [0.3, 0.4) is 0 Å². The summed E-state index contributed by atoms with van der Waals surface area (Å²) >= 11 is 3.31. The van der Waals surface area contributed by atoms with Gasteiger partial charge in [-0.05, 0) is 24.3 Å². The van der Waals surface area contributed by atoms with E-state index in [1.807, 2.05) is 6.08 Å². The van der Waals surface area contributed by atoms with E-state index >= 15 is 0 Å². The second-order valence-electron chi connectivity index (χ2n) is 4.45. The molecule has 1 saturated heterocycles. The molecule has 1 aromatic rings. The second kappa shape index (κ2) is 6.17. The zero-order valence-corrected chi connectivity index (χ0v) is 13.0. The van der Waals surface area contributed by atoms with Gasteiger partial charge in [0.2, 0.25) is 10.0 Å². The van der Waals surface area contributed by atoms with Gasteiger partial charge >= 0.3 is 0 Å². The largest absolute Gasteiger partial charge is 0.297 e. The van der Waals surface area contributed by atoms with Gasteiger partial charge in [-0.1, -0.05) is 22.0 Å². The topological polar surface area (TPSA) is 40.6 Å². The number of hydrogen-bond donors (Lipinski definition) is 0. The Bertz CT molecular complexity index is 534. The zero-order valence-electron chi connectivity index (χ0n) is 10.6. The molecule has 0 aromatic heterocycles. The Hall–Kier alpha value is -0.690. The number of rotatable bonds is 4. The molecule has 4 nitrogen and oxygen atoms in total. The Labute approximate surface area is 122 Å². The molecule has 1 heterocycles. The van der Waals surface area contributed by atoms with Crippen LogP contribution in [-0.4, -0.2) is 50.3 Å². The van der Waals surface area contributed by atoms with Gasteiger partial charge in [0.25, 0.3) is 0 Å². The van der Waals surface area contributed by atoms with Crippen LogP contribution in [0.2, 0.25) is 0 Å². The van der Waals surface area contributed by atoms with Crippen LogP contribution in [0, 0.1) is 0 Å². The van der Waals surface area contributed by atoms with E-state index < -0.39 is 10.0 Å². The van der Waals surface area contributed by atoms with Crippen molar-refractivity contribution in [1.29, 1.82) is 0 Å². The third-order valence-electron chi connectivity index (χ3n) is 3.17. The van der Waals surface area contributed by atoms with Crippen molar-refractivity contribution in [1.82, 2.24) is 9.21 Å². The summed E-state index contributed by atoms with van der Waals surface area (Å²) in [5.41, 5.74) is 0. The van der Waals surface area contributed by atoms with Gasteiger partial charge in [-0.3, -0.25) is 4.90 Å². The molecule has 0 saturated carbocycles. The standard InChI is InChI=1S/C13H17BrN2O2S/c1-2-7-15-8-10-16(11-9-15)19(17,18)13-5-3-12(14)4-6-13/h2-6H,1,7-11H2. The summed E-state index contributed by atoms with van der Waals surface area (Å²) in [6, 6.07) is 6.77. The van der Waals surface area contributed by atoms with Crippen LogP contribution in [0.1, 0.15) is 0 Å². The van der Waals surface area contributed by atoms with Crippen molar-refractivity contribution in [3.8, 4) is 0 Å². The fourth-order valence-electron chi connectivity index (χ4n) is 2.09. The molecule has 19 heavy (non-hydrogen) atoms. The molecule has 1 aromatic carbocycles. The van der Waals surface area contributed by atoms with Gasteiger partial charge in [-0.15, -0.1) is 6.58 Å². The van der Waals surface area contributed by atoms with Crippen molar-refractivity contribution in [2.45, 2.75) is 4.90 Å². The number of nitrogens with zero attached hydrogens (tertiary/aromatic N) is 2. The Balaban J connectivity index is 2.09. The van der Waals surface area contributed by atoms with Gasteiger partial charge in [0.05, 0.1) is 4.90 Å². The molecule has 0 N–H and O–H groups in total. The van der Waals surface area contributed by atoms with Crippen LogP contribution >= 0.6 is 15.9 Å². The fourth-order valence-corrected chi connectivity index (χ4v) is 3.78. The summed E-state index contributed by atoms with van der Waals surface area (Å²) in [4.78, 5) is 2.55. The quantitative estimate of drug-likeness (QED) is 0.783. The first-order valence-corrected chi connectivity index (χ1v) is 8.36. The van der Waals surface area contributed by atoms with Crippen molar-refractivity contribution in [2.24, 2.45) is 0 Å². The van der Waals surface area contributed by atoms with Gasteiger partial charge in [-0.25, -0.2) is 8.42 Å². The number of halogens is 1. The summed E-state index contributed by atoms with van der Waals surface area (Å²) in [6.07, 6.45) is 1.85. The average Bonchev–Trinajstić information content (AvgIpc) is 2.40. The van der Waals surface area contributed by atoms with Crippen LogP contribution in [0.15, 0.2) is 46.3 Å². The molecule has 0 spiro atoms. The third-order valence-corrected chi connectivity index (χ3v) is 5.61. The highest BCUT2D eigenvalue weighted by atomic mass is 79.9. The Morgan fingerprint density at radius 3 is 2.26 bits per heavy atom. The SMILES string of the molecule is C=CCN1CCN(S(=O)(=O)c2ccc(Br)cc2)CC1. The van der Waals surface area contributed by atoms with Gasteiger partial charge in [0.15, 0.2) is 0 Å². The van der Waals surface area contributed by atoms with E-state index in [0.717, 1.165) is 24.1 Å². The van der Waals surface area contributed by atoms with E-state index in [1.165, 1.54) is 0 Å². The maximum Gasteiger partial charge on any atom is 0.243 e. The third kappa shape index (κ3) is 3.45. The molecule has 0 amide bonds. The van der Waals surface area contributed by atoms with E-state index in [2.05, 4.69) is 27.4 Å². The molecule has 6 heteroatoms. The van der Waals surface area contributed by atoms with Crippen molar-refractivity contribution in [2.75, 3.05) is 32.7 Å². The molecule has 0 bridgehead atoms. The highest BCUT2D eigenvalue weighted by Gasteiger charge is 2.27. The van der Waals surface area contributed by atoms with E-state index in [0.29, 0.717) is 18.0 Å². The first kappa shape index (κ1) is 14.7. The molecule has 1 aliphatic rings. The Morgan fingerprint density at radius 2 is 1.74 bits per heavy atom. The van der Waals surface area contributed by atoms with Crippen LogP contribution in [0.4, 0.5) is 0 Å². The first-order chi connectivity index (χ1) is 9.04. The van der Waals surface area contributed by atoms with Crippen molar-refractivity contribution < 1.29 is 8.42 Å². The van der Waals surface area contributed by atoms with Crippen molar-refractivity contribution in [3.63, 3.8) is 0 Å². The van der Waals surface area contributed by atoms with Crippen LogP contribution in [0.25, 0.3) is 0 Å². The first-order valence-electron chi connectivity index (χ1n) is 6.13. The molecule has 1 aliphatic heterocycles. The minimum absolute atomic E-state index is 0.355. The number of piperazine rings is 1. The molecule has 0 aliphatic carbocycles. The highest BCUT2D eigenvalue weighted by molar-refractivity contribution is 9.10. The molecule has 0 unspecified atom stereocenters. The van der Waals surface area contributed by atoms with Gasteiger partial charge < -0.3 is 0 Å². The predicted octanol–water partition coefficient (Wildman–Crippen LogP) is 1.94. The summed E-state index contributed by atoms with van der Waals surface area (Å²) < 4.78 is 27.3. The van der Waals surface area contributed by atoms with Crippen molar-refractivity contribution >= 4 is 26.0 Å². The monoisotopic (exact) mass is 344 g/mol. The average molecular weight is 345 g/mol. The molecule has 2 rings (SSSR count). The van der Waals surface area contributed by atoms with E-state index in [4.69, 9.17) is 0 Å². The molecule has 1 fully saturated rings.